The van der Waals surface area contributed by atoms with Crippen LogP contribution in [-0.2, 0) is 4.79 Å². The summed E-state index contributed by atoms with van der Waals surface area (Å²) in [4.78, 5) is 10.4. The molecule has 0 spiro atoms. The molecule has 6 N–H and O–H groups in total. The minimum Gasteiger partial charge on any atom is -0.411 e. The number of hydrogen-bond donors (Lipinski definition) is 4. The second kappa shape index (κ2) is 20.4. The van der Waals surface area contributed by atoms with Crippen LogP contribution in [0.4, 0.5) is 0 Å². The minimum atomic E-state index is 0. The van der Waals surface area contributed by atoms with Gasteiger partial charge in [0.1, 0.15) is 5.78 Å². The van der Waals surface area contributed by atoms with Crippen LogP contribution >= 0.6 is 35.3 Å². The van der Waals surface area contributed by atoms with E-state index in [4.69, 9.17) is 16.1 Å². The maximum atomic E-state index is 10.4. The monoisotopic (exact) mass is 413 g/mol. The Kier molecular flexibility index (Phi) is 22.3. The van der Waals surface area contributed by atoms with Gasteiger partial charge in [0.25, 0.3) is 0 Å². The Labute approximate surface area is 165 Å². The largest absolute Gasteiger partial charge is 0.411 e. The fourth-order valence-electron chi connectivity index (χ4n) is 2.02. The molecule has 0 aromatic heterocycles. The van der Waals surface area contributed by atoms with Crippen LogP contribution in [0.25, 0.3) is 0 Å². The van der Waals surface area contributed by atoms with Crippen LogP contribution in [0.5, 0.6) is 0 Å². The van der Waals surface area contributed by atoms with Gasteiger partial charge in [-0.15, -0.1) is 0 Å². The van der Waals surface area contributed by atoms with E-state index in [0.29, 0.717) is 11.8 Å². The number of carbonyl (C=O) groups excluding carboxylic acids is 1. The summed E-state index contributed by atoms with van der Waals surface area (Å²) in [5.41, 5.74) is 6.58. The zero-order valence-corrected chi connectivity index (χ0v) is 16.6. The highest BCUT2D eigenvalue weighted by atomic mass is 32.2. The molecule has 0 unspecified atom stereocenters. The van der Waals surface area contributed by atoms with E-state index >= 15 is 0 Å². The molecule has 3 aliphatic heterocycles. The zero-order chi connectivity index (χ0) is 18.0. The van der Waals surface area contributed by atoms with Crippen LogP contribution < -0.4 is 11.6 Å². The van der Waals surface area contributed by atoms with E-state index in [1.807, 2.05) is 35.3 Å². The van der Waals surface area contributed by atoms with Crippen molar-refractivity contribution >= 4 is 46.8 Å². The Morgan fingerprint density at radius 1 is 0.840 bits per heavy atom. The van der Waals surface area contributed by atoms with Crippen LogP contribution in [0, 0.1) is 0 Å². The molecule has 0 saturated carbocycles. The molecular weight excluding hydrogens is 378 g/mol. The molecule has 3 heterocycles. The lowest BCUT2D eigenvalue weighted by atomic mass is 10.2. The summed E-state index contributed by atoms with van der Waals surface area (Å²) in [6.45, 7) is 0. The van der Waals surface area contributed by atoms with Gasteiger partial charge < -0.3 is 16.1 Å². The van der Waals surface area contributed by atoms with Crippen molar-refractivity contribution in [2.24, 2.45) is 16.8 Å². The van der Waals surface area contributed by atoms with Crippen LogP contribution in [0.1, 0.15) is 46.0 Å². The number of hydrogen-bond acceptors (Lipinski definition) is 9. The SMILES string of the molecule is C.NC1CCSCC1.NO.O=C1CCSCC1.ON=C1CCSCC1. The van der Waals surface area contributed by atoms with Crippen LogP contribution in [0.15, 0.2) is 5.16 Å². The number of thioether (sulfide) groups is 3. The third kappa shape index (κ3) is 17.3. The maximum absolute atomic E-state index is 10.4. The fraction of sp³-hybridized carbons (Fsp3) is 0.875. The second-order valence-corrected chi connectivity index (χ2v) is 9.05. The van der Waals surface area contributed by atoms with Gasteiger partial charge >= 0.3 is 0 Å². The molecule has 3 rings (SSSR count). The number of rotatable bonds is 0. The van der Waals surface area contributed by atoms with Crippen molar-refractivity contribution in [2.75, 3.05) is 34.5 Å². The first-order chi connectivity index (χ1) is 11.7. The molecule has 9 heteroatoms. The molecule has 0 atom stereocenters. The van der Waals surface area contributed by atoms with Gasteiger partial charge in [-0.1, -0.05) is 12.6 Å². The normalized spacial score (nSPS) is 20.3. The molecule has 3 aliphatic rings. The molecule has 6 nitrogen and oxygen atoms in total. The van der Waals surface area contributed by atoms with Gasteiger partial charge in [0.15, 0.2) is 0 Å². The Morgan fingerprint density at radius 3 is 1.48 bits per heavy atom. The quantitative estimate of drug-likeness (QED) is 0.353. The molecule has 0 aliphatic carbocycles. The molecule has 0 aromatic carbocycles. The first-order valence-electron chi connectivity index (χ1n) is 8.18. The number of Topliss-reactive ketones (excluding diaryl/α,β-unsaturated/α-hetero) is 1. The zero-order valence-electron chi connectivity index (χ0n) is 14.2. The number of nitrogens with zero attached hydrogens (tertiary/aromatic N) is 1. The van der Waals surface area contributed by atoms with Crippen LogP contribution in [0.2, 0.25) is 0 Å². The number of nitrogens with two attached hydrogens (primary N) is 2. The molecule has 150 valence electrons. The minimum absolute atomic E-state index is 0. The van der Waals surface area contributed by atoms with Gasteiger partial charge in [-0.3, -0.25) is 4.79 Å². The van der Waals surface area contributed by atoms with E-state index in [2.05, 4.69) is 11.1 Å². The van der Waals surface area contributed by atoms with Gasteiger partial charge in [0.2, 0.25) is 0 Å². The summed E-state index contributed by atoms with van der Waals surface area (Å²) in [5.74, 6) is 10.9. The molecule has 0 amide bonds. The van der Waals surface area contributed by atoms with E-state index in [9.17, 15) is 4.79 Å². The molecular formula is C16H35N3O3S3. The molecule has 3 saturated heterocycles. The third-order valence-electron chi connectivity index (χ3n) is 3.53. The molecule has 25 heavy (non-hydrogen) atoms. The van der Waals surface area contributed by atoms with Crippen molar-refractivity contribution in [3.63, 3.8) is 0 Å². The van der Waals surface area contributed by atoms with Crippen molar-refractivity contribution < 1.29 is 15.2 Å². The predicted molar refractivity (Wildman–Crippen MR) is 115 cm³/mol. The molecule has 0 radical (unpaired) electrons. The van der Waals surface area contributed by atoms with Gasteiger partial charge in [-0.05, 0) is 48.7 Å². The second-order valence-electron chi connectivity index (χ2n) is 5.38. The van der Waals surface area contributed by atoms with E-state index in [-0.39, 0.29) is 7.43 Å². The highest BCUT2D eigenvalue weighted by Gasteiger charge is 2.07. The fourth-order valence-corrected chi connectivity index (χ4v) is 5.08. The van der Waals surface area contributed by atoms with Gasteiger partial charge in [-0.25, -0.2) is 5.90 Å². The highest BCUT2D eigenvalue weighted by Crippen LogP contribution is 2.15. The average Bonchev–Trinajstić information content (AvgIpc) is 2.66. The first kappa shape index (κ1) is 27.3. The Morgan fingerprint density at radius 2 is 1.24 bits per heavy atom. The highest BCUT2D eigenvalue weighted by molar-refractivity contribution is 7.99. The predicted octanol–water partition coefficient (Wildman–Crippen LogP) is 3.24. The number of oxime groups is 1. The Balaban J connectivity index is 0. The standard InChI is InChI=1S/C5H9NOS.C5H11NS.C5H8OS.CH4.H3NO/c7-6-5-1-3-8-4-2-5;2*6-5-1-3-7-4-2-5;;1-2/h7H,1-4H2;5H,1-4,6H2;1-4H2;1H4;2H,1H2. The van der Waals surface area contributed by atoms with Gasteiger partial charge in [0, 0.05) is 30.4 Å². The third-order valence-corrected chi connectivity index (χ3v) is 6.55. The van der Waals surface area contributed by atoms with E-state index in [0.717, 1.165) is 54.4 Å². The summed E-state index contributed by atoms with van der Waals surface area (Å²) in [5, 5.41) is 17.9. The topological polar surface area (TPSA) is 122 Å². The number of ketones is 1. The molecule has 0 aromatic rings. The van der Waals surface area contributed by atoms with E-state index in [1.165, 1.54) is 24.3 Å². The van der Waals surface area contributed by atoms with Crippen molar-refractivity contribution in [3.8, 4) is 0 Å². The Hall–Kier alpha value is 0.0700. The molecule has 3 fully saturated rings. The van der Waals surface area contributed by atoms with Gasteiger partial charge in [-0.2, -0.15) is 35.3 Å². The maximum Gasteiger partial charge on any atom is 0.134 e. The lowest BCUT2D eigenvalue weighted by Crippen LogP contribution is -2.24. The average molecular weight is 414 g/mol. The summed E-state index contributed by atoms with van der Waals surface area (Å²) >= 11 is 5.82. The van der Waals surface area contributed by atoms with E-state index in [1.54, 1.807) is 0 Å². The molecule has 0 bridgehead atoms. The lowest BCUT2D eigenvalue weighted by molar-refractivity contribution is -0.118. The van der Waals surface area contributed by atoms with Crippen molar-refractivity contribution in [3.05, 3.63) is 0 Å². The smallest absolute Gasteiger partial charge is 0.134 e. The van der Waals surface area contributed by atoms with Crippen molar-refractivity contribution in [1.82, 2.24) is 0 Å². The summed E-state index contributed by atoms with van der Waals surface area (Å²) < 4.78 is 0. The van der Waals surface area contributed by atoms with Crippen LogP contribution in [-0.4, -0.2) is 62.5 Å². The lowest BCUT2D eigenvalue weighted by Gasteiger charge is -2.15. The van der Waals surface area contributed by atoms with Crippen molar-refractivity contribution in [1.29, 1.82) is 0 Å². The summed E-state index contributed by atoms with van der Waals surface area (Å²) in [6, 6.07) is 0.515. The van der Waals surface area contributed by atoms with Crippen molar-refractivity contribution in [2.45, 2.75) is 52.0 Å². The van der Waals surface area contributed by atoms with Crippen LogP contribution in [0.3, 0.4) is 0 Å². The first-order valence-corrected chi connectivity index (χ1v) is 11.6. The van der Waals surface area contributed by atoms with E-state index < -0.39 is 0 Å². The number of carbonyl (C=O) groups is 1. The van der Waals surface area contributed by atoms with Gasteiger partial charge in [0.05, 0.1) is 5.71 Å². The summed E-state index contributed by atoms with van der Waals surface area (Å²) in [6.07, 6.45) is 6.02. The Bertz CT molecular complexity index is 326. The summed E-state index contributed by atoms with van der Waals surface area (Å²) in [7, 11) is 0.